The van der Waals surface area contributed by atoms with Gasteiger partial charge in [-0.1, -0.05) is 0 Å². The van der Waals surface area contributed by atoms with E-state index in [1.54, 1.807) is 11.9 Å². The van der Waals surface area contributed by atoms with Crippen LogP contribution in [0.1, 0.15) is 34.7 Å². The standard InChI is InChI=1S/C10H15N3O3/c1-4-13(5-2)9(14)8-7(10(15)16)6-11-12(8)3/h6H,4-5H2,1-3H3,(H,15,16). The van der Waals surface area contributed by atoms with Gasteiger partial charge in [-0.05, 0) is 13.8 Å². The number of hydrogen-bond donors (Lipinski definition) is 1. The Morgan fingerprint density at radius 3 is 2.44 bits per heavy atom. The van der Waals surface area contributed by atoms with Crippen molar-refractivity contribution in [1.29, 1.82) is 0 Å². The summed E-state index contributed by atoms with van der Waals surface area (Å²) in [6.45, 7) is 4.77. The maximum Gasteiger partial charge on any atom is 0.339 e. The maximum absolute atomic E-state index is 12.0. The number of nitrogens with zero attached hydrogens (tertiary/aromatic N) is 3. The van der Waals surface area contributed by atoms with Crippen LogP contribution in [0.3, 0.4) is 0 Å². The Labute approximate surface area is 93.5 Å². The molecule has 1 amide bonds. The number of carboxylic acid groups (broad SMARTS) is 1. The van der Waals surface area contributed by atoms with E-state index in [1.165, 1.54) is 10.9 Å². The predicted octanol–water partition coefficient (Wildman–Crippen LogP) is 0.600. The summed E-state index contributed by atoms with van der Waals surface area (Å²) in [5, 5.41) is 12.7. The third-order valence-electron chi connectivity index (χ3n) is 2.42. The second kappa shape index (κ2) is 4.78. The molecule has 1 rings (SSSR count). The van der Waals surface area contributed by atoms with Gasteiger partial charge in [0.1, 0.15) is 11.3 Å². The van der Waals surface area contributed by atoms with Crippen LogP contribution in [0.25, 0.3) is 0 Å². The summed E-state index contributed by atoms with van der Waals surface area (Å²) < 4.78 is 1.30. The summed E-state index contributed by atoms with van der Waals surface area (Å²) in [4.78, 5) is 24.5. The zero-order valence-electron chi connectivity index (χ0n) is 9.60. The highest BCUT2D eigenvalue weighted by Crippen LogP contribution is 2.10. The molecule has 0 bridgehead atoms. The highest BCUT2D eigenvalue weighted by molar-refractivity contribution is 6.03. The van der Waals surface area contributed by atoms with E-state index in [1.807, 2.05) is 13.8 Å². The van der Waals surface area contributed by atoms with Crippen LogP contribution < -0.4 is 0 Å². The molecule has 0 fully saturated rings. The average molecular weight is 225 g/mol. The molecule has 0 unspecified atom stereocenters. The van der Waals surface area contributed by atoms with Crippen LogP contribution in [-0.2, 0) is 7.05 Å². The Kier molecular flexibility index (Phi) is 3.65. The largest absolute Gasteiger partial charge is 0.478 e. The topological polar surface area (TPSA) is 75.4 Å². The second-order valence-corrected chi connectivity index (χ2v) is 3.31. The first-order valence-corrected chi connectivity index (χ1v) is 5.07. The summed E-state index contributed by atoms with van der Waals surface area (Å²) in [5.41, 5.74) is 0.0654. The van der Waals surface area contributed by atoms with Gasteiger partial charge in [0.2, 0.25) is 0 Å². The fourth-order valence-corrected chi connectivity index (χ4v) is 1.51. The Morgan fingerprint density at radius 2 is 2.00 bits per heavy atom. The number of carbonyl (C=O) groups is 2. The number of rotatable bonds is 4. The van der Waals surface area contributed by atoms with Gasteiger partial charge in [-0.2, -0.15) is 5.10 Å². The van der Waals surface area contributed by atoms with E-state index in [0.717, 1.165) is 0 Å². The van der Waals surface area contributed by atoms with Crippen molar-refractivity contribution in [2.75, 3.05) is 13.1 Å². The summed E-state index contributed by atoms with van der Waals surface area (Å²) >= 11 is 0. The molecule has 0 aliphatic rings. The first kappa shape index (κ1) is 12.2. The van der Waals surface area contributed by atoms with Crippen LogP contribution in [0.4, 0.5) is 0 Å². The lowest BCUT2D eigenvalue weighted by Gasteiger charge is -2.18. The van der Waals surface area contributed by atoms with Crippen molar-refractivity contribution in [1.82, 2.24) is 14.7 Å². The van der Waals surface area contributed by atoms with E-state index < -0.39 is 5.97 Å². The Hall–Kier alpha value is -1.85. The quantitative estimate of drug-likeness (QED) is 0.814. The van der Waals surface area contributed by atoms with Crippen LogP contribution >= 0.6 is 0 Å². The van der Waals surface area contributed by atoms with E-state index in [9.17, 15) is 9.59 Å². The van der Waals surface area contributed by atoms with Crippen LogP contribution in [0.5, 0.6) is 0 Å². The highest BCUT2D eigenvalue weighted by Gasteiger charge is 2.24. The lowest BCUT2D eigenvalue weighted by molar-refractivity contribution is 0.0675. The SMILES string of the molecule is CCN(CC)C(=O)c1c(C(=O)O)cnn1C. The molecule has 6 heteroatoms. The summed E-state index contributed by atoms with van der Waals surface area (Å²) in [6, 6.07) is 0. The zero-order valence-corrected chi connectivity index (χ0v) is 9.60. The molecule has 0 radical (unpaired) electrons. The molecular formula is C10H15N3O3. The smallest absolute Gasteiger partial charge is 0.339 e. The van der Waals surface area contributed by atoms with Crippen molar-refractivity contribution < 1.29 is 14.7 Å². The van der Waals surface area contributed by atoms with Gasteiger partial charge in [-0.25, -0.2) is 4.79 Å². The monoisotopic (exact) mass is 225 g/mol. The molecule has 16 heavy (non-hydrogen) atoms. The number of carboxylic acids is 1. The first-order chi connectivity index (χ1) is 7.52. The third-order valence-corrected chi connectivity index (χ3v) is 2.42. The minimum absolute atomic E-state index is 0.0561. The minimum Gasteiger partial charge on any atom is -0.478 e. The Balaban J connectivity index is 3.16. The van der Waals surface area contributed by atoms with Gasteiger partial charge in [0.05, 0.1) is 6.20 Å². The van der Waals surface area contributed by atoms with Gasteiger partial charge in [-0.15, -0.1) is 0 Å². The van der Waals surface area contributed by atoms with Gasteiger partial charge < -0.3 is 10.0 Å². The fraction of sp³-hybridized carbons (Fsp3) is 0.500. The molecule has 0 aromatic carbocycles. The van der Waals surface area contributed by atoms with Gasteiger partial charge >= 0.3 is 5.97 Å². The van der Waals surface area contributed by atoms with Gasteiger partial charge in [0, 0.05) is 20.1 Å². The molecule has 0 aliphatic carbocycles. The highest BCUT2D eigenvalue weighted by atomic mass is 16.4. The summed E-state index contributed by atoms with van der Waals surface area (Å²) in [5.74, 6) is -1.44. The zero-order chi connectivity index (χ0) is 12.3. The number of carbonyl (C=O) groups excluding carboxylic acids is 1. The van der Waals surface area contributed by atoms with Gasteiger partial charge in [0.15, 0.2) is 0 Å². The van der Waals surface area contributed by atoms with Crippen molar-refractivity contribution in [3.63, 3.8) is 0 Å². The molecular weight excluding hydrogens is 210 g/mol. The molecule has 0 spiro atoms. The summed E-state index contributed by atoms with van der Waals surface area (Å²) in [6.07, 6.45) is 1.19. The summed E-state index contributed by atoms with van der Waals surface area (Å²) in [7, 11) is 1.56. The van der Waals surface area contributed by atoms with Crippen molar-refractivity contribution in [3.05, 3.63) is 17.5 Å². The van der Waals surface area contributed by atoms with Crippen molar-refractivity contribution in [2.24, 2.45) is 7.05 Å². The van der Waals surface area contributed by atoms with E-state index in [0.29, 0.717) is 13.1 Å². The fourth-order valence-electron chi connectivity index (χ4n) is 1.51. The molecule has 0 saturated heterocycles. The lowest BCUT2D eigenvalue weighted by atomic mass is 10.2. The Bertz CT molecular complexity index is 407. The molecule has 0 atom stereocenters. The van der Waals surface area contributed by atoms with Crippen molar-refractivity contribution >= 4 is 11.9 Å². The van der Waals surface area contributed by atoms with Crippen molar-refractivity contribution in [3.8, 4) is 0 Å². The van der Waals surface area contributed by atoms with Crippen molar-refractivity contribution in [2.45, 2.75) is 13.8 Å². The van der Waals surface area contributed by atoms with Crippen LogP contribution in [-0.4, -0.2) is 44.8 Å². The normalized spacial score (nSPS) is 10.2. The maximum atomic E-state index is 12.0. The number of amides is 1. The molecule has 1 aromatic rings. The van der Waals surface area contributed by atoms with Crippen LogP contribution in [0.2, 0.25) is 0 Å². The molecule has 1 aromatic heterocycles. The Morgan fingerprint density at radius 1 is 1.44 bits per heavy atom. The van der Waals surface area contributed by atoms with E-state index >= 15 is 0 Å². The molecule has 1 heterocycles. The van der Waals surface area contributed by atoms with E-state index in [4.69, 9.17) is 5.11 Å². The molecule has 0 aliphatic heterocycles. The van der Waals surface area contributed by atoms with Gasteiger partial charge in [0.25, 0.3) is 5.91 Å². The lowest BCUT2D eigenvalue weighted by Crippen LogP contribution is -2.33. The van der Waals surface area contributed by atoms with E-state index in [2.05, 4.69) is 5.10 Å². The predicted molar refractivity (Wildman–Crippen MR) is 57.4 cm³/mol. The van der Waals surface area contributed by atoms with Crippen LogP contribution in [0.15, 0.2) is 6.20 Å². The molecule has 88 valence electrons. The number of aryl methyl sites for hydroxylation is 1. The van der Waals surface area contributed by atoms with Crippen LogP contribution in [0, 0.1) is 0 Å². The van der Waals surface area contributed by atoms with Gasteiger partial charge in [-0.3, -0.25) is 9.48 Å². The minimum atomic E-state index is -1.14. The number of aromatic carboxylic acids is 1. The molecule has 0 saturated carbocycles. The molecule has 1 N–H and O–H groups in total. The molecule has 6 nitrogen and oxygen atoms in total. The first-order valence-electron chi connectivity index (χ1n) is 5.07. The number of aromatic nitrogens is 2. The van der Waals surface area contributed by atoms with E-state index in [-0.39, 0.29) is 17.2 Å². The third kappa shape index (κ3) is 2.05. The second-order valence-electron chi connectivity index (χ2n) is 3.31. The number of hydrogen-bond acceptors (Lipinski definition) is 3. The average Bonchev–Trinajstić information content (AvgIpc) is 2.61.